The molecule has 2 aromatic rings. The van der Waals surface area contributed by atoms with Crippen molar-refractivity contribution in [1.82, 2.24) is 0 Å². The van der Waals surface area contributed by atoms with E-state index in [-0.39, 0.29) is 10.8 Å². The van der Waals surface area contributed by atoms with Crippen molar-refractivity contribution in [2.75, 3.05) is 5.32 Å². The van der Waals surface area contributed by atoms with Gasteiger partial charge >= 0.3 is 0 Å². The number of aryl methyl sites for hydroxylation is 1. The van der Waals surface area contributed by atoms with Crippen LogP contribution in [-0.4, -0.2) is 19.6 Å². The molecule has 24 heavy (non-hydrogen) atoms. The molecule has 2 aromatic carbocycles. The van der Waals surface area contributed by atoms with E-state index in [4.69, 9.17) is 23.2 Å². The minimum atomic E-state index is -3.68. The van der Waals surface area contributed by atoms with Gasteiger partial charge in [-0.05, 0) is 43.7 Å². The first kappa shape index (κ1) is 18.8. The number of halogens is 2. The molecular weight excluding hydrogens is 369 g/mol. The van der Waals surface area contributed by atoms with Crippen LogP contribution in [-0.2, 0) is 20.4 Å². The summed E-state index contributed by atoms with van der Waals surface area (Å²) in [7, 11) is -3.68. The predicted molar refractivity (Wildman–Crippen MR) is 98.4 cm³/mol. The van der Waals surface area contributed by atoms with E-state index in [0.29, 0.717) is 16.3 Å². The Balaban J connectivity index is 2.10. The summed E-state index contributed by atoms with van der Waals surface area (Å²) in [5.41, 5.74) is 2.09. The van der Waals surface area contributed by atoms with E-state index in [1.54, 1.807) is 18.2 Å². The first-order valence-electron chi connectivity index (χ1n) is 7.22. The summed E-state index contributed by atoms with van der Waals surface area (Å²) in [5.74, 6) is -0.856. The average Bonchev–Trinajstić information content (AvgIpc) is 2.52. The lowest BCUT2D eigenvalue weighted by molar-refractivity contribution is -0.115. The molecule has 1 atom stereocenters. The van der Waals surface area contributed by atoms with Crippen molar-refractivity contribution in [1.29, 1.82) is 0 Å². The average molecular weight is 386 g/mol. The molecular formula is C17H17Cl2NO3S. The molecule has 0 heterocycles. The maximum Gasteiger partial charge on any atom is 0.242 e. The highest BCUT2D eigenvalue weighted by Crippen LogP contribution is 2.24. The molecule has 0 aliphatic rings. The van der Waals surface area contributed by atoms with Gasteiger partial charge in [-0.15, -0.1) is 0 Å². The highest BCUT2D eigenvalue weighted by Gasteiger charge is 2.28. The standard InChI is InChI=1S/C17H17Cl2NO3S/c1-11-3-6-14(7-4-11)20-17(21)12(2)24(22,23)10-13-5-8-15(18)16(19)9-13/h3-9,12H,10H2,1-2H3,(H,20,21)/t12-/m1/s1. The van der Waals surface area contributed by atoms with Gasteiger partial charge in [0.05, 0.1) is 15.8 Å². The topological polar surface area (TPSA) is 63.2 Å². The summed E-state index contributed by atoms with van der Waals surface area (Å²) >= 11 is 11.7. The number of rotatable bonds is 5. The van der Waals surface area contributed by atoms with Crippen LogP contribution in [0.1, 0.15) is 18.1 Å². The maximum atomic E-state index is 12.4. The zero-order valence-corrected chi connectivity index (χ0v) is 15.5. The Labute approximate surface area is 151 Å². The van der Waals surface area contributed by atoms with Gasteiger partial charge < -0.3 is 5.32 Å². The second-order valence-electron chi connectivity index (χ2n) is 5.55. The fourth-order valence-corrected chi connectivity index (χ4v) is 3.63. The minimum absolute atomic E-state index is 0.279. The van der Waals surface area contributed by atoms with Crippen LogP contribution in [0.3, 0.4) is 0 Å². The predicted octanol–water partition coefficient (Wildman–Crippen LogP) is 4.24. The monoisotopic (exact) mass is 385 g/mol. The van der Waals surface area contributed by atoms with Crippen molar-refractivity contribution in [3.63, 3.8) is 0 Å². The Morgan fingerprint density at radius 1 is 1.08 bits per heavy atom. The number of hydrogen-bond donors (Lipinski definition) is 1. The van der Waals surface area contributed by atoms with Gasteiger partial charge in [-0.2, -0.15) is 0 Å². The maximum absolute atomic E-state index is 12.4. The number of benzene rings is 2. The molecule has 1 N–H and O–H groups in total. The molecule has 4 nitrogen and oxygen atoms in total. The van der Waals surface area contributed by atoms with Gasteiger partial charge in [0.25, 0.3) is 0 Å². The number of anilines is 1. The zero-order valence-electron chi connectivity index (χ0n) is 13.2. The summed E-state index contributed by atoms with van der Waals surface area (Å²) in [6.45, 7) is 3.30. The number of carbonyl (C=O) groups excluding carboxylic acids is 1. The highest BCUT2D eigenvalue weighted by molar-refractivity contribution is 7.92. The summed E-state index contributed by atoms with van der Waals surface area (Å²) in [4.78, 5) is 12.2. The van der Waals surface area contributed by atoms with Crippen molar-refractivity contribution in [2.45, 2.75) is 24.9 Å². The van der Waals surface area contributed by atoms with Gasteiger partial charge in [0, 0.05) is 5.69 Å². The van der Waals surface area contributed by atoms with Crippen LogP contribution in [0, 0.1) is 6.92 Å². The molecule has 128 valence electrons. The molecule has 0 saturated heterocycles. The van der Waals surface area contributed by atoms with Crippen LogP contribution in [0.15, 0.2) is 42.5 Å². The molecule has 0 aromatic heterocycles. The second kappa shape index (κ2) is 7.55. The quantitative estimate of drug-likeness (QED) is 0.836. The lowest BCUT2D eigenvalue weighted by Crippen LogP contribution is -2.33. The van der Waals surface area contributed by atoms with Crippen LogP contribution < -0.4 is 5.32 Å². The van der Waals surface area contributed by atoms with Gasteiger partial charge in [-0.25, -0.2) is 8.42 Å². The van der Waals surface area contributed by atoms with E-state index in [1.807, 2.05) is 19.1 Å². The first-order chi connectivity index (χ1) is 11.2. The van der Waals surface area contributed by atoms with Crippen LogP contribution >= 0.6 is 23.2 Å². The molecule has 1 amide bonds. The van der Waals surface area contributed by atoms with E-state index in [1.165, 1.54) is 19.1 Å². The summed E-state index contributed by atoms with van der Waals surface area (Å²) in [5, 5.41) is 2.06. The Hall–Kier alpha value is -1.56. The van der Waals surface area contributed by atoms with E-state index in [0.717, 1.165) is 5.56 Å². The van der Waals surface area contributed by atoms with E-state index in [2.05, 4.69) is 5.32 Å². The van der Waals surface area contributed by atoms with Gasteiger partial charge in [-0.1, -0.05) is 47.0 Å². The molecule has 0 fully saturated rings. The van der Waals surface area contributed by atoms with E-state index in [9.17, 15) is 13.2 Å². The molecule has 0 aliphatic carbocycles. The van der Waals surface area contributed by atoms with Gasteiger partial charge in [0.2, 0.25) is 5.91 Å². The Morgan fingerprint density at radius 2 is 1.71 bits per heavy atom. The smallest absolute Gasteiger partial charge is 0.242 e. The van der Waals surface area contributed by atoms with Gasteiger partial charge in [0.15, 0.2) is 9.84 Å². The van der Waals surface area contributed by atoms with E-state index >= 15 is 0 Å². The van der Waals surface area contributed by atoms with Crippen LogP contribution in [0.5, 0.6) is 0 Å². The number of nitrogens with one attached hydrogen (secondary N) is 1. The number of hydrogen-bond acceptors (Lipinski definition) is 3. The Bertz CT molecular complexity index is 849. The van der Waals surface area contributed by atoms with Gasteiger partial charge in [-0.3, -0.25) is 4.79 Å². The highest BCUT2D eigenvalue weighted by atomic mass is 35.5. The second-order valence-corrected chi connectivity index (χ2v) is 8.69. The number of carbonyl (C=O) groups is 1. The molecule has 0 bridgehead atoms. The number of sulfone groups is 1. The molecule has 0 unspecified atom stereocenters. The minimum Gasteiger partial charge on any atom is -0.325 e. The molecule has 0 saturated carbocycles. The molecule has 0 spiro atoms. The number of amides is 1. The molecule has 7 heteroatoms. The lowest BCUT2D eigenvalue weighted by atomic mass is 10.2. The summed E-state index contributed by atoms with van der Waals surface area (Å²) < 4.78 is 24.9. The normalized spacial score (nSPS) is 12.7. The van der Waals surface area contributed by atoms with Crippen LogP contribution in [0.4, 0.5) is 5.69 Å². The summed E-state index contributed by atoms with van der Waals surface area (Å²) in [6.07, 6.45) is 0. The summed E-state index contributed by atoms with van der Waals surface area (Å²) in [6, 6.07) is 11.7. The van der Waals surface area contributed by atoms with Crippen LogP contribution in [0.25, 0.3) is 0 Å². The SMILES string of the molecule is Cc1ccc(NC(=O)[C@@H](C)S(=O)(=O)Cc2ccc(Cl)c(Cl)c2)cc1. The third-order valence-corrected chi connectivity index (χ3v) is 6.35. The van der Waals surface area contributed by atoms with Crippen molar-refractivity contribution in [3.8, 4) is 0 Å². The van der Waals surface area contributed by atoms with Crippen molar-refractivity contribution in [3.05, 3.63) is 63.6 Å². The fraction of sp³-hybridized carbons (Fsp3) is 0.235. The zero-order chi connectivity index (χ0) is 17.9. The third kappa shape index (κ3) is 4.72. The first-order valence-corrected chi connectivity index (χ1v) is 9.69. The van der Waals surface area contributed by atoms with Crippen LogP contribution in [0.2, 0.25) is 10.0 Å². The molecule has 0 aliphatic heterocycles. The van der Waals surface area contributed by atoms with Gasteiger partial charge in [0.1, 0.15) is 5.25 Å². The largest absolute Gasteiger partial charge is 0.325 e. The van der Waals surface area contributed by atoms with Crippen molar-refractivity contribution >= 4 is 44.6 Å². The van der Waals surface area contributed by atoms with Crippen molar-refractivity contribution in [2.24, 2.45) is 0 Å². The third-order valence-electron chi connectivity index (χ3n) is 3.58. The lowest BCUT2D eigenvalue weighted by Gasteiger charge is -2.14. The molecule has 0 radical (unpaired) electrons. The fourth-order valence-electron chi connectivity index (χ4n) is 2.03. The Morgan fingerprint density at radius 3 is 2.29 bits per heavy atom. The van der Waals surface area contributed by atoms with Crippen molar-refractivity contribution < 1.29 is 13.2 Å². The Kier molecular flexibility index (Phi) is 5.91. The molecule has 2 rings (SSSR count). The van der Waals surface area contributed by atoms with E-state index < -0.39 is 21.0 Å².